The zero-order chi connectivity index (χ0) is 12.1. The van der Waals surface area contributed by atoms with Gasteiger partial charge in [0.05, 0.1) is 5.25 Å². The first-order valence-electron chi connectivity index (χ1n) is 4.98. The van der Waals surface area contributed by atoms with E-state index < -0.39 is 10.0 Å². The van der Waals surface area contributed by atoms with Crippen molar-refractivity contribution in [3.05, 3.63) is 0 Å². The maximum Gasteiger partial charge on any atom is 0.217 e. The molecule has 0 aliphatic carbocycles. The molecule has 0 saturated heterocycles. The first kappa shape index (κ1) is 15.2. The van der Waals surface area contributed by atoms with Crippen molar-refractivity contribution < 1.29 is 8.42 Å². The van der Waals surface area contributed by atoms with Gasteiger partial charge in [0.15, 0.2) is 0 Å². The molecule has 1 N–H and O–H groups in total. The minimum absolute atomic E-state index is 0.0457. The van der Waals surface area contributed by atoms with E-state index in [1.807, 2.05) is 13.2 Å². The SMILES string of the molecule is CNCC(C)S(=O)(=O)N(C)C(C)CSC. The number of nitrogens with one attached hydrogen (secondary N) is 1. The predicted molar refractivity (Wildman–Crippen MR) is 67.9 cm³/mol. The van der Waals surface area contributed by atoms with E-state index in [1.54, 1.807) is 32.8 Å². The van der Waals surface area contributed by atoms with Crippen molar-refractivity contribution in [1.29, 1.82) is 0 Å². The van der Waals surface area contributed by atoms with Gasteiger partial charge < -0.3 is 5.32 Å². The molecule has 92 valence electrons. The maximum absolute atomic E-state index is 12.0. The normalized spacial score (nSPS) is 16.7. The van der Waals surface area contributed by atoms with Crippen LogP contribution in [0, 0.1) is 0 Å². The van der Waals surface area contributed by atoms with Crippen LogP contribution >= 0.6 is 11.8 Å². The van der Waals surface area contributed by atoms with E-state index in [1.165, 1.54) is 4.31 Å². The molecular formula is C9H22N2O2S2. The Kier molecular flexibility index (Phi) is 6.83. The zero-order valence-electron chi connectivity index (χ0n) is 10.1. The molecule has 0 aromatic carbocycles. The zero-order valence-corrected chi connectivity index (χ0v) is 11.8. The van der Waals surface area contributed by atoms with E-state index in [4.69, 9.17) is 0 Å². The lowest BCUT2D eigenvalue weighted by Crippen LogP contribution is -2.44. The molecule has 0 aromatic rings. The van der Waals surface area contributed by atoms with Crippen LogP contribution in [-0.2, 0) is 10.0 Å². The molecule has 0 bridgehead atoms. The molecule has 4 nitrogen and oxygen atoms in total. The summed E-state index contributed by atoms with van der Waals surface area (Å²) in [6, 6.07) is 0.0457. The van der Waals surface area contributed by atoms with Gasteiger partial charge in [-0.2, -0.15) is 11.8 Å². The van der Waals surface area contributed by atoms with Crippen LogP contribution in [0.15, 0.2) is 0 Å². The van der Waals surface area contributed by atoms with Gasteiger partial charge in [0.2, 0.25) is 10.0 Å². The summed E-state index contributed by atoms with van der Waals surface area (Å²) in [5.41, 5.74) is 0. The minimum atomic E-state index is -3.17. The highest BCUT2D eigenvalue weighted by Gasteiger charge is 2.28. The Morgan fingerprint density at radius 2 is 1.93 bits per heavy atom. The molecule has 0 fully saturated rings. The summed E-state index contributed by atoms with van der Waals surface area (Å²) in [4.78, 5) is 0. The van der Waals surface area contributed by atoms with Gasteiger partial charge in [0.1, 0.15) is 0 Å². The molecule has 6 heteroatoms. The summed E-state index contributed by atoms with van der Waals surface area (Å²) in [5.74, 6) is 0.821. The van der Waals surface area contributed by atoms with Gasteiger partial charge in [-0.05, 0) is 27.2 Å². The van der Waals surface area contributed by atoms with Crippen LogP contribution in [0.25, 0.3) is 0 Å². The van der Waals surface area contributed by atoms with E-state index in [0.717, 1.165) is 5.75 Å². The molecule has 0 spiro atoms. The van der Waals surface area contributed by atoms with Gasteiger partial charge >= 0.3 is 0 Å². The van der Waals surface area contributed by atoms with Crippen LogP contribution < -0.4 is 5.32 Å². The molecule has 0 heterocycles. The van der Waals surface area contributed by atoms with Gasteiger partial charge in [-0.15, -0.1) is 0 Å². The Morgan fingerprint density at radius 3 is 2.33 bits per heavy atom. The molecule has 0 aliphatic rings. The summed E-state index contributed by atoms with van der Waals surface area (Å²) >= 11 is 1.66. The maximum atomic E-state index is 12.0. The first-order chi connectivity index (χ1) is 6.87. The Morgan fingerprint density at radius 1 is 1.40 bits per heavy atom. The van der Waals surface area contributed by atoms with Crippen LogP contribution in [0.3, 0.4) is 0 Å². The Balaban J connectivity index is 4.57. The lowest BCUT2D eigenvalue weighted by Gasteiger charge is -2.26. The summed E-state index contributed by atoms with van der Waals surface area (Å²) < 4.78 is 25.5. The number of hydrogen-bond acceptors (Lipinski definition) is 4. The van der Waals surface area contributed by atoms with Crippen molar-refractivity contribution in [2.75, 3.05) is 32.6 Å². The number of sulfonamides is 1. The molecule has 2 unspecified atom stereocenters. The molecule has 0 saturated carbocycles. The third kappa shape index (κ3) is 4.30. The van der Waals surface area contributed by atoms with Crippen LogP contribution in [-0.4, -0.2) is 56.7 Å². The van der Waals surface area contributed by atoms with Gasteiger partial charge in [-0.3, -0.25) is 0 Å². The fourth-order valence-corrected chi connectivity index (χ4v) is 3.60. The number of rotatable bonds is 7. The highest BCUT2D eigenvalue weighted by molar-refractivity contribution is 7.98. The first-order valence-corrected chi connectivity index (χ1v) is 7.88. The van der Waals surface area contributed by atoms with Crippen molar-refractivity contribution in [3.63, 3.8) is 0 Å². The minimum Gasteiger partial charge on any atom is -0.318 e. The predicted octanol–water partition coefficient (Wildman–Crippen LogP) is 0.607. The molecule has 2 atom stereocenters. The largest absolute Gasteiger partial charge is 0.318 e. The van der Waals surface area contributed by atoms with Gasteiger partial charge in [-0.25, -0.2) is 12.7 Å². The number of nitrogens with zero attached hydrogens (tertiary/aromatic N) is 1. The van der Waals surface area contributed by atoms with Crippen molar-refractivity contribution in [3.8, 4) is 0 Å². The average Bonchev–Trinajstić information content (AvgIpc) is 2.17. The second-order valence-corrected chi connectivity index (χ2v) is 7.06. The quantitative estimate of drug-likeness (QED) is 0.723. The second-order valence-electron chi connectivity index (χ2n) is 3.73. The van der Waals surface area contributed by atoms with Gasteiger partial charge in [0, 0.05) is 25.4 Å². The number of thioether (sulfide) groups is 1. The third-order valence-electron chi connectivity index (χ3n) is 2.43. The van der Waals surface area contributed by atoms with Crippen molar-refractivity contribution >= 4 is 21.8 Å². The highest BCUT2D eigenvalue weighted by atomic mass is 32.2. The number of hydrogen-bond donors (Lipinski definition) is 1. The molecule has 0 rings (SSSR count). The smallest absolute Gasteiger partial charge is 0.217 e. The average molecular weight is 254 g/mol. The van der Waals surface area contributed by atoms with Crippen molar-refractivity contribution in [1.82, 2.24) is 9.62 Å². The van der Waals surface area contributed by atoms with Crippen LogP contribution in [0.2, 0.25) is 0 Å². The van der Waals surface area contributed by atoms with Crippen LogP contribution in [0.4, 0.5) is 0 Å². The van der Waals surface area contributed by atoms with Crippen LogP contribution in [0.1, 0.15) is 13.8 Å². The topological polar surface area (TPSA) is 49.4 Å². The summed E-state index contributed by atoms with van der Waals surface area (Å²) in [7, 11) is 0.251. The monoisotopic (exact) mass is 254 g/mol. The molecule has 0 amide bonds. The van der Waals surface area contributed by atoms with Crippen LogP contribution in [0.5, 0.6) is 0 Å². The lowest BCUT2D eigenvalue weighted by molar-refractivity contribution is 0.407. The third-order valence-corrected chi connectivity index (χ3v) is 5.59. The second kappa shape index (κ2) is 6.73. The highest BCUT2D eigenvalue weighted by Crippen LogP contribution is 2.12. The molecule has 0 aromatic heterocycles. The summed E-state index contributed by atoms with van der Waals surface area (Å²) in [5, 5.41) is 2.51. The molecular weight excluding hydrogens is 232 g/mol. The molecule has 0 aliphatic heterocycles. The van der Waals surface area contributed by atoms with E-state index in [9.17, 15) is 8.42 Å². The molecule has 15 heavy (non-hydrogen) atoms. The Hall–Kier alpha value is 0.220. The fourth-order valence-electron chi connectivity index (χ4n) is 1.27. The lowest BCUT2D eigenvalue weighted by atomic mass is 10.4. The van der Waals surface area contributed by atoms with E-state index in [0.29, 0.717) is 6.54 Å². The summed E-state index contributed by atoms with van der Waals surface area (Å²) in [6.07, 6.45) is 1.98. The van der Waals surface area contributed by atoms with Gasteiger partial charge in [0.25, 0.3) is 0 Å². The Bertz CT molecular complexity index is 267. The van der Waals surface area contributed by atoms with Crippen molar-refractivity contribution in [2.24, 2.45) is 0 Å². The standard InChI is InChI=1S/C9H22N2O2S2/c1-8(7-14-5)11(4)15(12,13)9(2)6-10-3/h8-10H,6-7H2,1-5H3. The van der Waals surface area contributed by atoms with Crippen molar-refractivity contribution in [2.45, 2.75) is 25.1 Å². The fraction of sp³-hybridized carbons (Fsp3) is 1.00. The van der Waals surface area contributed by atoms with Gasteiger partial charge in [-0.1, -0.05) is 0 Å². The Labute approximate surface area is 97.9 Å². The van der Waals surface area contributed by atoms with E-state index in [-0.39, 0.29) is 11.3 Å². The van der Waals surface area contributed by atoms with E-state index in [2.05, 4.69) is 5.32 Å². The molecule has 0 radical (unpaired) electrons. The van der Waals surface area contributed by atoms with E-state index >= 15 is 0 Å². The summed E-state index contributed by atoms with van der Waals surface area (Å²) in [6.45, 7) is 4.15.